The monoisotopic (exact) mass is 276 g/mol. The smallest absolute Gasteiger partial charge is 0.246 e. The third kappa shape index (κ3) is 3.03. The van der Waals surface area contributed by atoms with Crippen molar-refractivity contribution in [1.82, 2.24) is 15.1 Å². The summed E-state index contributed by atoms with van der Waals surface area (Å²) in [5.41, 5.74) is 1.72. The van der Waals surface area contributed by atoms with Gasteiger partial charge in [-0.15, -0.1) is 0 Å². The van der Waals surface area contributed by atoms with Crippen LogP contribution in [0, 0.1) is 12.7 Å². The van der Waals surface area contributed by atoms with Crippen molar-refractivity contribution in [3.05, 3.63) is 47.5 Å². The Morgan fingerprint density at radius 1 is 1.45 bits per heavy atom. The molecule has 0 radical (unpaired) electrons. The summed E-state index contributed by atoms with van der Waals surface area (Å²) >= 11 is 0. The van der Waals surface area contributed by atoms with Crippen LogP contribution in [0.25, 0.3) is 0 Å². The van der Waals surface area contributed by atoms with Gasteiger partial charge < -0.3 is 10.6 Å². The minimum absolute atomic E-state index is 0.260. The molecule has 1 amide bonds. The number of halogens is 1. The van der Waals surface area contributed by atoms with Gasteiger partial charge in [0.25, 0.3) is 0 Å². The Labute approximate surface area is 116 Å². The van der Waals surface area contributed by atoms with Crippen molar-refractivity contribution < 1.29 is 9.18 Å². The standard InChI is InChI=1S/C14H17FN4O/c1-9-4-5-11(6-12(9)15)18-14(20)13(16-2)10-7-17-19(3)8-10/h4-8,13,16H,1-3H3,(H,18,20). The second-order valence-electron chi connectivity index (χ2n) is 4.62. The minimum Gasteiger partial charge on any atom is -0.324 e. The maximum absolute atomic E-state index is 13.5. The summed E-state index contributed by atoms with van der Waals surface area (Å²) in [4.78, 5) is 12.2. The average molecular weight is 276 g/mol. The summed E-state index contributed by atoms with van der Waals surface area (Å²) in [6.07, 6.45) is 3.38. The first-order valence-electron chi connectivity index (χ1n) is 6.24. The summed E-state index contributed by atoms with van der Waals surface area (Å²) in [5.74, 6) is -0.603. The van der Waals surface area contributed by atoms with E-state index in [2.05, 4.69) is 15.7 Å². The molecule has 0 bridgehead atoms. The predicted octanol–water partition coefficient (Wildman–Crippen LogP) is 1.77. The Hall–Kier alpha value is -2.21. The molecule has 0 saturated heterocycles. The lowest BCUT2D eigenvalue weighted by Crippen LogP contribution is -2.30. The highest BCUT2D eigenvalue weighted by atomic mass is 19.1. The summed E-state index contributed by atoms with van der Waals surface area (Å²) in [7, 11) is 3.47. The summed E-state index contributed by atoms with van der Waals surface area (Å²) in [6, 6.07) is 4.08. The van der Waals surface area contributed by atoms with Crippen LogP contribution in [-0.2, 0) is 11.8 Å². The van der Waals surface area contributed by atoms with Crippen LogP contribution in [0.15, 0.2) is 30.6 Å². The van der Waals surface area contributed by atoms with Crippen LogP contribution in [-0.4, -0.2) is 22.7 Å². The van der Waals surface area contributed by atoms with Crippen molar-refractivity contribution in [3.63, 3.8) is 0 Å². The number of amides is 1. The molecule has 1 aromatic carbocycles. The van der Waals surface area contributed by atoms with Crippen molar-refractivity contribution in [1.29, 1.82) is 0 Å². The Kier molecular flexibility index (Phi) is 4.14. The lowest BCUT2D eigenvalue weighted by atomic mass is 10.1. The highest BCUT2D eigenvalue weighted by molar-refractivity contribution is 5.95. The molecule has 0 saturated carbocycles. The number of carbonyl (C=O) groups excluding carboxylic acids is 1. The Bertz CT molecular complexity index is 623. The zero-order valence-corrected chi connectivity index (χ0v) is 11.6. The van der Waals surface area contributed by atoms with Crippen molar-refractivity contribution in [2.24, 2.45) is 7.05 Å². The Morgan fingerprint density at radius 2 is 2.20 bits per heavy atom. The Morgan fingerprint density at radius 3 is 2.75 bits per heavy atom. The number of nitrogens with one attached hydrogen (secondary N) is 2. The molecule has 0 spiro atoms. The van der Waals surface area contributed by atoms with E-state index in [4.69, 9.17) is 0 Å². The van der Waals surface area contributed by atoms with Gasteiger partial charge in [-0.25, -0.2) is 4.39 Å². The van der Waals surface area contributed by atoms with E-state index in [1.54, 1.807) is 50.2 Å². The van der Waals surface area contributed by atoms with Crippen LogP contribution in [0.3, 0.4) is 0 Å². The van der Waals surface area contributed by atoms with E-state index in [0.29, 0.717) is 11.3 Å². The molecule has 0 aliphatic rings. The van der Waals surface area contributed by atoms with Gasteiger partial charge >= 0.3 is 0 Å². The lowest BCUT2D eigenvalue weighted by molar-refractivity contribution is -0.118. The fourth-order valence-electron chi connectivity index (χ4n) is 1.92. The molecular weight excluding hydrogens is 259 g/mol. The summed E-state index contributed by atoms with van der Waals surface area (Å²) < 4.78 is 15.1. The average Bonchev–Trinajstić information content (AvgIpc) is 2.81. The molecule has 0 aliphatic heterocycles. The van der Waals surface area contributed by atoms with Crippen molar-refractivity contribution in [2.45, 2.75) is 13.0 Å². The molecule has 1 atom stereocenters. The molecular formula is C14H17FN4O. The first kappa shape index (κ1) is 14.2. The maximum atomic E-state index is 13.5. The largest absolute Gasteiger partial charge is 0.324 e. The minimum atomic E-state index is -0.534. The number of nitrogens with zero attached hydrogens (tertiary/aromatic N) is 2. The molecule has 2 rings (SSSR count). The highest BCUT2D eigenvalue weighted by Gasteiger charge is 2.20. The van der Waals surface area contributed by atoms with Gasteiger partial charge in [-0.3, -0.25) is 9.48 Å². The van der Waals surface area contributed by atoms with Gasteiger partial charge in [0.15, 0.2) is 0 Å². The first-order valence-corrected chi connectivity index (χ1v) is 6.24. The number of aromatic nitrogens is 2. The zero-order chi connectivity index (χ0) is 14.7. The van der Waals surface area contributed by atoms with Crippen molar-refractivity contribution in [2.75, 3.05) is 12.4 Å². The van der Waals surface area contributed by atoms with Gasteiger partial charge in [-0.05, 0) is 31.7 Å². The van der Waals surface area contributed by atoms with E-state index in [-0.39, 0.29) is 11.7 Å². The van der Waals surface area contributed by atoms with Crippen molar-refractivity contribution >= 4 is 11.6 Å². The SMILES string of the molecule is CNC(C(=O)Nc1ccc(C)c(F)c1)c1cnn(C)c1. The van der Waals surface area contributed by atoms with Gasteiger partial charge in [0.05, 0.1) is 6.20 Å². The number of benzene rings is 1. The zero-order valence-electron chi connectivity index (χ0n) is 11.6. The van der Waals surface area contributed by atoms with Gasteiger partial charge in [0.1, 0.15) is 11.9 Å². The van der Waals surface area contributed by atoms with Gasteiger partial charge in [0.2, 0.25) is 5.91 Å². The number of carbonyl (C=O) groups is 1. The van der Waals surface area contributed by atoms with E-state index in [1.807, 2.05) is 0 Å². The van der Waals surface area contributed by atoms with Crippen molar-refractivity contribution in [3.8, 4) is 0 Å². The van der Waals surface area contributed by atoms with Crippen LogP contribution in [0.5, 0.6) is 0 Å². The topological polar surface area (TPSA) is 59.0 Å². The number of likely N-dealkylation sites (N-methyl/N-ethyl adjacent to an activating group) is 1. The molecule has 6 heteroatoms. The molecule has 0 fully saturated rings. The number of aryl methyl sites for hydroxylation is 2. The van der Waals surface area contributed by atoms with Crippen LogP contribution < -0.4 is 10.6 Å². The number of anilines is 1. The van der Waals surface area contributed by atoms with E-state index >= 15 is 0 Å². The molecule has 2 aromatic rings. The fourth-order valence-corrected chi connectivity index (χ4v) is 1.92. The molecule has 1 unspecified atom stereocenters. The maximum Gasteiger partial charge on any atom is 0.246 e. The summed E-state index contributed by atoms with van der Waals surface area (Å²) in [6.45, 7) is 1.67. The number of hydrogen-bond donors (Lipinski definition) is 2. The first-order chi connectivity index (χ1) is 9.51. The second kappa shape index (κ2) is 5.83. The normalized spacial score (nSPS) is 12.2. The molecule has 20 heavy (non-hydrogen) atoms. The molecule has 2 N–H and O–H groups in total. The molecule has 0 aliphatic carbocycles. The Balaban J connectivity index is 2.15. The fraction of sp³-hybridized carbons (Fsp3) is 0.286. The quantitative estimate of drug-likeness (QED) is 0.894. The lowest BCUT2D eigenvalue weighted by Gasteiger charge is -2.14. The third-order valence-corrected chi connectivity index (χ3v) is 3.05. The van der Waals surface area contributed by atoms with E-state index in [9.17, 15) is 9.18 Å². The molecule has 1 heterocycles. The third-order valence-electron chi connectivity index (χ3n) is 3.05. The van der Waals surface area contributed by atoms with Crippen LogP contribution >= 0.6 is 0 Å². The van der Waals surface area contributed by atoms with E-state index in [1.165, 1.54) is 6.07 Å². The highest BCUT2D eigenvalue weighted by Crippen LogP contribution is 2.17. The van der Waals surface area contributed by atoms with E-state index < -0.39 is 6.04 Å². The molecule has 106 valence electrons. The molecule has 1 aromatic heterocycles. The molecule has 5 nitrogen and oxygen atoms in total. The summed E-state index contributed by atoms with van der Waals surface area (Å²) in [5, 5.41) is 9.65. The van der Waals surface area contributed by atoms with Gasteiger partial charge in [-0.1, -0.05) is 6.07 Å². The second-order valence-corrected chi connectivity index (χ2v) is 4.62. The van der Waals surface area contributed by atoms with E-state index in [0.717, 1.165) is 5.56 Å². The van der Waals surface area contributed by atoms with Crippen LogP contribution in [0.2, 0.25) is 0 Å². The van der Waals surface area contributed by atoms with Gasteiger partial charge in [-0.2, -0.15) is 5.10 Å². The van der Waals surface area contributed by atoms with Crippen LogP contribution in [0.1, 0.15) is 17.2 Å². The number of hydrogen-bond acceptors (Lipinski definition) is 3. The predicted molar refractivity (Wildman–Crippen MR) is 74.8 cm³/mol. The van der Waals surface area contributed by atoms with Crippen LogP contribution in [0.4, 0.5) is 10.1 Å². The van der Waals surface area contributed by atoms with Gasteiger partial charge in [0, 0.05) is 24.5 Å². The number of rotatable bonds is 4.